The molecule has 164 valence electrons. The molecule has 0 spiro atoms. The molecule has 0 radical (unpaired) electrons. The fraction of sp³-hybridized carbons (Fsp3) is 0.368. The van der Waals surface area contributed by atoms with Crippen molar-refractivity contribution >= 4 is 55.1 Å². The molecule has 1 aromatic carbocycles. The maximum absolute atomic E-state index is 12.6. The molecule has 9 nitrogen and oxygen atoms in total. The number of nitrogens with zero attached hydrogens (tertiary/aromatic N) is 2. The lowest BCUT2D eigenvalue weighted by atomic mass is 10.0. The van der Waals surface area contributed by atoms with Crippen LogP contribution in [0.4, 0.5) is 22.2 Å². The molecule has 4 N–H and O–H groups in total. The third-order valence-electron chi connectivity index (χ3n) is 4.17. The van der Waals surface area contributed by atoms with Crippen molar-refractivity contribution in [2.24, 2.45) is 0 Å². The van der Waals surface area contributed by atoms with Crippen molar-refractivity contribution in [3.05, 3.63) is 34.9 Å². The summed E-state index contributed by atoms with van der Waals surface area (Å²) in [5.74, 6) is 4.44. The molecule has 0 bridgehead atoms. The SMILES string of the molecule is C=S(=O)(NC(=O)OCC)c1ccc(Nc2ncc(Br)c(N[C@H](C)C(C)(C)O)n2)cc1. The molecule has 1 unspecified atom stereocenters. The zero-order valence-electron chi connectivity index (χ0n) is 17.2. The minimum atomic E-state index is -3.03. The summed E-state index contributed by atoms with van der Waals surface area (Å²) >= 11 is 3.39. The zero-order chi connectivity index (χ0) is 22.5. The summed E-state index contributed by atoms with van der Waals surface area (Å²) in [7, 11) is -3.03. The molecule has 0 saturated carbocycles. The fourth-order valence-electron chi connectivity index (χ4n) is 2.15. The zero-order valence-corrected chi connectivity index (χ0v) is 19.6. The Morgan fingerprint density at radius 2 is 2.00 bits per heavy atom. The molecule has 2 aromatic rings. The summed E-state index contributed by atoms with van der Waals surface area (Å²) in [6.45, 7) is 7.08. The number of carbonyl (C=O) groups excluding carboxylic acids is 1. The predicted molar refractivity (Wildman–Crippen MR) is 123 cm³/mol. The van der Waals surface area contributed by atoms with Crippen molar-refractivity contribution in [3.63, 3.8) is 0 Å². The smallest absolute Gasteiger partial charge is 0.418 e. The quantitative estimate of drug-likeness (QED) is 0.407. The van der Waals surface area contributed by atoms with Crippen LogP contribution in [0, 0.1) is 0 Å². The highest BCUT2D eigenvalue weighted by molar-refractivity contribution is 9.10. The van der Waals surface area contributed by atoms with Crippen LogP contribution >= 0.6 is 15.9 Å². The summed E-state index contributed by atoms with van der Waals surface area (Å²) in [6.07, 6.45) is 0.804. The van der Waals surface area contributed by atoms with Gasteiger partial charge in [-0.25, -0.2) is 18.7 Å². The summed E-state index contributed by atoms with van der Waals surface area (Å²) < 4.78 is 20.3. The largest absolute Gasteiger partial charge is 0.449 e. The van der Waals surface area contributed by atoms with Gasteiger partial charge < -0.3 is 20.5 Å². The van der Waals surface area contributed by atoms with Crippen LogP contribution in [0.25, 0.3) is 0 Å². The fourth-order valence-corrected chi connectivity index (χ4v) is 3.48. The third-order valence-corrected chi connectivity index (χ3v) is 6.28. The van der Waals surface area contributed by atoms with Crippen LogP contribution < -0.4 is 15.4 Å². The Hall–Kier alpha value is -2.37. The summed E-state index contributed by atoms with van der Waals surface area (Å²) in [5, 5.41) is 16.3. The molecule has 0 aliphatic heterocycles. The van der Waals surface area contributed by atoms with Crippen molar-refractivity contribution in [3.8, 4) is 0 Å². The van der Waals surface area contributed by atoms with Crippen LogP contribution in [0.5, 0.6) is 0 Å². The van der Waals surface area contributed by atoms with E-state index in [1.807, 2.05) is 6.92 Å². The molecule has 0 aliphatic carbocycles. The lowest BCUT2D eigenvalue weighted by Gasteiger charge is -2.27. The number of aliphatic hydroxyl groups is 1. The molecule has 1 aromatic heterocycles. The van der Waals surface area contributed by atoms with Gasteiger partial charge in [-0.2, -0.15) is 4.98 Å². The highest BCUT2D eigenvalue weighted by Gasteiger charge is 2.23. The average molecular weight is 500 g/mol. The van der Waals surface area contributed by atoms with Crippen molar-refractivity contribution in [2.75, 3.05) is 17.2 Å². The van der Waals surface area contributed by atoms with Gasteiger partial charge in [0.2, 0.25) is 5.95 Å². The van der Waals surface area contributed by atoms with Gasteiger partial charge in [-0.05, 0) is 73.8 Å². The number of aromatic nitrogens is 2. The Labute approximate surface area is 184 Å². The number of benzene rings is 1. The van der Waals surface area contributed by atoms with Gasteiger partial charge in [-0.15, -0.1) is 0 Å². The number of hydrogen-bond acceptors (Lipinski definition) is 8. The molecule has 30 heavy (non-hydrogen) atoms. The third kappa shape index (κ3) is 6.57. The van der Waals surface area contributed by atoms with Crippen molar-refractivity contribution < 1.29 is 18.8 Å². The number of halogens is 1. The molecule has 0 aliphatic rings. The van der Waals surface area contributed by atoms with Gasteiger partial charge in [0, 0.05) is 16.8 Å². The van der Waals surface area contributed by atoms with E-state index < -0.39 is 21.4 Å². The maximum atomic E-state index is 12.6. The number of anilines is 3. The lowest BCUT2D eigenvalue weighted by molar-refractivity contribution is 0.0647. The highest BCUT2D eigenvalue weighted by Crippen LogP contribution is 2.25. The molecular formula is C19H26BrN5O4S. The lowest BCUT2D eigenvalue weighted by Crippen LogP contribution is -2.39. The monoisotopic (exact) mass is 499 g/mol. The Morgan fingerprint density at radius 3 is 2.57 bits per heavy atom. The second-order valence-electron chi connectivity index (χ2n) is 7.06. The van der Waals surface area contributed by atoms with Gasteiger partial charge in [0.05, 0.1) is 32.4 Å². The van der Waals surface area contributed by atoms with Crippen molar-refractivity contribution in [2.45, 2.75) is 44.2 Å². The minimum Gasteiger partial charge on any atom is -0.449 e. The number of ether oxygens (including phenoxy) is 1. The highest BCUT2D eigenvalue weighted by atomic mass is 79.9. The van der Waals surface area contributed by atoms with Gasteiger partial charge in [-0.1, -0.05) is 0 Å². The van der Waals surface area contributed by atoms with Gasteiger partial charge in [0.15, 0.2) is 0 Å². The van der Waals surface area contributed by atoms with Crippen molar-refractivity contribution in [1.29, 1.82) is 0 Å². The van der Waals surface area contributed by atoms with E-state index in [4.69, 9.17) is 4.74 Å². The van der Waals surface area contributed by atoms with Crippen LogP contribution in [0.3, 0.4) is 0 Å². The first-order chi connectivity index (χ1) is 13.9. The van der Waals surface area contributed by atoms with Gasteiger partial charge in [0.1, 0.15) is 5.82 Å². The summed E-state index contributed by atoms with van der Waals surface area (Å²) in [5.41, 5.74) is -0.291. The van der Waals surface area contributed by atoms with E-state index in [0.29, 0.717) is 26.8 Å². The van der Waals surface area contributed by atoms with E-state index in [1.165, 1.54) is 0 Å². The second-order valence-corrected chi connectivity index (χ2v) is 9.94. The van der Waals surface area contributed by atoms with E-state index in [1.54, 1.807) is 51.2 Å². The topological polar surface area (TPSA) is 125 Å². The molecule has 0 saturated heterocycles. The van der Waals surface area contributed by atoms with Crippen LogP contribution in [0.1, 0.15) is 27.7 Å². The first-order valence-corrected chi connectivity index (χ1v) is 11.6. The molecule has 11 heteroatoms. The standard InChI is InChI=1S/C19H26BrN5O4S/c1-6-29-18(26)25-30(5,28)14-9-7-13(8-10-14)23-17-21-11-15(20)16(24-17)22-12(2)19(3,4)27/h7-12,27H,5-6H2,1-4H3,(H,25,26,28)(H2,21,22,23,24)/t12-,30?/m1/s1. The molecule has 2 atom stereocenters. The first-order valence-electron chi connectivity index (χ1n) is 9.12. The molecule has 1 heterocycles. The maximum Gasteiger partial charge on any atom is 0.418 e. The predicted octanol–water partition coefficient (Wildman–Crippen LogP) is 3.29. The van der Waals surface area contributed by atoms with E-state index in [0.717, 1.165) is 0 Å². The van der Waals surface area contributed by atoms with E-state index in [2.05, 4.69) is 47.1 Å². The van der Waals surface area contributed by atoms with E-state index >= 15 is 0 Å². The van der Waals surface area contributed by atoms with Gasteiger partial charge >= 0.3 is 6.09 Å². The normalized spacial score (nSPS) is 14.3. The molecular weight excluding hydrogens is 474 g/mol. The number of nitrogens with one attached hydrogen (secondary N) is 3. The first kappa shape index (κ1) is 23.9. The second kappa shape index (κ2) is 9.63. The number of carbonyl (C=O) groups is 1. The number of hydrogen-bond donors (Lipinski definition) is 4. The minimum absolute atomic E-state index is 0.169. The van der Waals surface area contributed by atoms with E-state index in [-0.39, 0.29) is 12.6 Å². The Kier molecular flexibility index (Phi) is 7.67. The van der Waals surface area contributed by atoms with Crippen LogP contribution in [0.2, 0.25) is 0 Å². The summed E-state index contributed by atoms with van der Waals surface area (Å²) in [6, 6.07) is 6.25. The van der Waals surface area contributed by atoms with Crippen LogP contribution in [-0.4, -0.2) is 49.5 Å². The van der Waals surface area contributed by atoms with Crippen LogP contribution in [0.15, 0.2) is 39.8 Å². The molecule has 2 rings (SSSR count). The number of amides is 1. The van der Waals surface area contributed by atoms with E-state index in [9.17, 15) is 14.1 Å². The summed E-state index contributed by atoms with van der Waals surface area (Å²) in [4.78, 5) is 20.5. The van der Waals surface area contributed by atoms with Crippen molar-refractivity contribution in [1.82, 2.24) is 14.7 Å². The Balaban J connectivity index is 2.14. The average Bonchev–Trinajstić information content (AvgIpc) is 2.64. The van der Waals surface area contributed by atoms with Crippen LogP contribution in [-0.2, 0) is 14.4 Å². The molecule has 0 fully saturated rings. The molecule has 1 amide bonds. The van der Waals surface area contributed by atoms with Gasteiger partial charge in [-0.3, -0.25) is 0 Å². The Morgan fingerprint density at radius 1 is 1.37 bits per heavy atom. The number of rotatable bonds is 8. The van der Waals surface area contributed by atoms with Gasteiger partial charge in [0.25, 0.3) is 0 Å². The Bertz CT molecular complexity index is 991.